The summed E-state index contributed by atoms with van der Waals surface area (Å²) in [6.07, 6.45) is 0.615. The van der Waals surface area contributed by atoms with Gasteiger partial charge in [-0.05, 0) is 30.5 Å². The summed E-state index contributed by atoms with van der Waals surface area (Å²) in [7, 11) is 0. The number of carbonyl (C=O) groups is 3. The van der Waals surface area contributed by atoms with Gasteiger partial charge in [-0.1, -0.05) is 12.1 Å². The third kappa shape index (κ3) is 3.24. The Morgan fingerprint density at radius 1 is 1.33 bits per heavy atom. The molecule has 2 saturated heterocycles. The van der Waals surface area contributed by atoms with Crippen molar-refractivity contribution in [2.45, 2.75) is 50.5 Å². The number of hydrogen-bond donors (Lipinski definition) is 4. The molecule has 4 N–H and O–H groups in total. The Bertz CT molecular complexity index is 805. The molecule has 0 spiro atoms. The molecule has 0 aromatic heterocycles. The van der Waals surface area contributed by atoms with Gasteiger partial charge in [0.1, 0.15) is 11.6 Å². The summed E-state index contributed by atoms with van der Waals surface area (Å²) in [6.45, 7) is 4.03. The second-order valence-electron chi connectivity index (χ2n) is 7.70. The van der Waals surface area contributed by atoms with Gasteiger partial charge in [0.25, 0.3) is 5.91 Å². The minimum atomic E-state index is -0.727. The number of β-amino-alcohol motifs (C(OH)–C–C–N with tert-alkyl or cyclic N) is 1. The molecule has 2 atom stereocenters. The van der Waals surface area contributed by atoms with Crippen LogP contribution in [-0.2, 0) is 22.7 Å². The standard InChI is InChI=1S/C19H24N4O4/c1-11(19(27)9-20-10-19)21-7-12-2-3-13-8-23(18(26)14(13)6-12)15-4-5-16(24)22-17(15)25/h2-3,6,11,15,20-21,27H,4-5,7-10H2,1H3,(H,22,24,25). The Morgan fingerprint density at radius 3 is 2.78 bits per heavy atom. The van der Waals surface area contributed by atoms with Gasteiger partial charge in [-0.2, -0.15) is 0 Å². The number of carbonyl (C=O) groups excluding carboxylic acids is 3. The van der Waals surface area contributed by atoms with Crippen molar-refractivity contribution in [1.82, 2.24) is 20.9 Å². The zero-order chi connectivity index (χ0) is 19.2. The smallest absolute Gasteiger partial charge is 0.255 e. The van der Waals surface area contributed by atoms with E-state index in [-0.39, 0.29) is 24.3 Å². The van der Waals surface area contributed by atoms with Gasteiger partial charge in [-0.3, -0.25) is 19.7 Å². The van der Waals surface area contributed by atoms with E-state index in [0.717, 1.165) is 11.1 Å². The number of nitrogens with zero attached hydrogens (tertiary/aromatic N) is 1. The Balaban J connectivity index is 1.43. The van der Waals surface area contributed by atoms with Crippen molar-refractivity contribution in [3.63, 3.8) is 0 Å². The van der Waals surface area contributed by atoms with Crippen molar-refractivity contribution in [1.29, 1.82) is 0 Å². The van der Waals surface area contributed by atoms with Crippen LogP contribution in [0.25, 0.3) is 0 Å². The highest BCUT2D eigenvalue weighted by Gasteiger charge is 2.40. The molecule has 2 fully saturated rings. The molecule has 144 valence electrons. The molecule has 3 heterocycles. The van der Waals surface area contributed by atoms with Crippen LogP contribution in [0.15, 0.2) is 18.2 Å². The van der Waals surface area contributed by atoms with E-state index in [9.17, 15) is 19.5 Å². The largest absolute Gasteiger partial charge is 0.386 e. The molecule has 27 heavy (non-hydrogen) atoms. The van der Waals surface area contributed by atoms with Crippen LogP contribution in [0.5, 0.6) is 0 Å². The van der Waals surface area contributed by atoms with Gasteiger partial charge >= 0.3 is 0 Å². The summed E-state index contributed by atoms with van der Waals surface area (Å²) < 4.78 is 0. The molecule has 3 aliphatic heterocycles. The highest BCUT2D eigenvalue weighted by molar-refractivity contribution is 6.05. The maximum absolute atomic E-state index is 12.8. The molecule has 0 aliphatic carbocycles. The summed E-state index contributed by atoms with van der Waals surface area (Å²) in [4.78, 5) is 37.8. The van der Waals surface area contributed by atoms with Crippen LogP contribution in [-0.4, -0.2) is 58.5 Å². The molecule has 8 heteroatoms. The van der Waals surface area contributed by atoms with Gasteiger partial charge in [-0.25, -0.2) is 0 Å². The molecule has 2 unspecified atom stereocenters. The van der Waals surface area contributed by atoms with Crippen LogP contribution in [0, 0.1) is 0 Å². The molecular weight excluding hydrogens is 348 g/mol. The first-order chi connectivity index (χ1) is 12.9. The van der Waals surface area contributed by atoms with Gasteiger partial charge in [0.05, 0.1) is 0 Å². The monoisotopic (exact) mass is 372 g/mol. The topological polar surface area (TPSA) is 111 Å². The number of aliphatic hydroxyl groups is 1. The molecule has 0 bridgehead atoms. The lowest BCUT2D eigenvalue weighted by Crippen LogP contribution is -2.68. The van der Waals surface area contributed by atoms with Crippen molar-refractivity contribution >= 4 is 17.7 Å². The number of imide groups is 1. The molecule has 1 aromatic carbocycles. The number of rotatable bonds is 5. The maximum atomic E-state index is 12.8. The highest BCUT2D eigenvalue weighted by atomic mass is 16.3. The number of nitrogens with one attached hydrogen (secondary N) is 3. The van der Waals surface area contributed by atoms with Crippen LogP contribution in [0.1, 0.15) is 41.3 Å². The molecular formula is C19H24N4O4. The Hall–Kier alpha value is -2.29. The van der Waals surface area contributed by atoms with E-state index in [1.54, 1.807) is 4.90 Å². The lowest BCUT2D eigenvalue weighted by Gasteiger charge is -2.42. The molecule has 4 rings (SSSR count). The minimum absolute atomic E-state index is 0.0670. The van der Waals surface area contributed by atoms with Gasteiger partial charge in [0.15, 0.2) is 0 Å². The average Bonchev–Trinajstić information content (AvgIpc) is 2.94. The first-order valence-corrected chi connectivity index (χ1v) is 9.30. The Kier molecular flexibility index (Phi) is 4.49. The van der Waals surface area contributed by atoms with E-state index in [1.807, 2.05) is 25.1 Å². The molecule has 3 amide bonds. The fourth-order valence-electron chi connectivity index (χ4n) is 3.86. The lowest BCUT2D eigenvalue weighted by atomic mass is 9.89. The molecule has 3 aliphatic rings. The molecule has 0 radical (unpaired) electrons. The van der Waals surface area contributed by atoms with Gasteiger partial charge < -0.3 is 20.6 Å². The third-order valence-corrected chi connectivity index (χ3v) is 5.87. The van der Waals surface area contributed by atoms with E-state index in [2.05, 4.69) is 16.0 Å². The maximum Gasteiger partial charge on any atom is 0.255 e. The highest BCUT2D eigenvalue weighted by Crippen LogP contribution is 2.28. The first kappa shape index (κ1) is 18.1. The third-order valence-electron chi connectivity index (χ3n) is 5.87. The SMILES string of the molecule is CC(NCc1ccc2c(c1)C(=O)N(C1CCC(=O)NC1=O)C2)C1(O)CNC1. The molecule has 0 saturated carbocycles. The minimum Gasteiger partial charge on any atom is -0.386 e. The van der Waals surface area contributed by atoms with Crippen molar-refractivity contribution in [2.24, 2.45) is 0 Å². The Morgan fingerprint density at radius 2 is 2.11 bits per heavy atom. The zero-order valence-electron chi connectivity index (χ0n) is 15.2. The number of fused-ring (bicyclic) bond motifs is 1. The predicted octanol–water partition coefficient (Wildman–Crippen LogP) is -0.740. The van der Waals surface area contributed by atoms with Crippen LogP contribution >= 0.6 is 0 Å². The fourth-order valence-corrected chi connectivity index (χ4v) is 3.86. The zero-order valence-corrected chi connectivity index (χ0v) is 15.2. The van der Waals surface area contributed by atoms with Crippen LogP contribution in [0.2, 0.25) is 0 Å². The lowest BCUT2D eigenvalue weighted by molar-refractivity contribution is -0.136. The first-order valence-electron chi connectivity index (χ1n) is 9.30. The van der Waals surface area contributed by atoms with Crippen molar-refractivity contribution < 1.29 is 19.5 Å². The van der Waals surface area contributed by atoms with E-state index in [0.29, 0.717) is 38.2 Å². The number of hydrogen-bond acceptors (Lipinski definition) is 6. The summed E-state index contributed by atoms with van der Waals surface area (Å²) in [6, 6.07) is 5.07. The van der Waals surface area contributed by atoms with Gasteiger partial charge in [0.2, 0.25) is 11.8 Å². The summed E-state index contributed by atoms with van der Waals surface area (Å²) >= 11 is 0. The number of amides is 3. The second-order valence-corrected chi connectivity index (χ2v) is 7.70. The quantitative estimate of drug-likeness (QED) is 0.507. The van der Waals surface area contributed by atoms with E-state index < -0.39 is 17.6 Å². The number of benzene rings is 1. The van der Waals surface area contributed by atoms with Crippen LogP contribution < -0.4 is 16.0 Å². The summed E-state index contributed by atoms with van der Waals surface area (Å²) in [5, 5.41) is 19.0. The van der Waals surface area contributed by atoms with Gasteiger partial charge in [0, 0.05) is 44.2 Å². The normalized spacial score (nSPS) is 25.0. The molecule has 8 nitrogen and oxygen atoms in total. The van der Waals surface area contributed by atoms with Gasteiger partial charge in [-0.15, -0.1) is 0 Å². The molecule has 1 aromatic rings. The predicted molar refractivity (Wildman–Crippen MR) is 96.6 cm³/mol. The average molecular weight is 372 g/mol. The fraction of sp³-hybridized carbons (Fsp3) is 0.526. The van der Waals surface area contributed by atoms with Crippen molar-refractivity contribution in [3.8, 4) is 0 Å². The summed E-state index contributed by atoms with van der Waals surface area (Å²) in [5.41, 5.74) is 1.73. The van der Waals surface area contributed by atoms with E-state index in [4.69, 9.17) is 0 Å². The van der Waals surface area contributed by atoms with E-state index in [1.165, 1.54) is 0 Å². The van der Waals surface area contributed by atoms with Crippen LogP contribution in [0.4, 0.5) is 0 Å². The Labute approximate surface area is 157 Å². The van der Waals surface area contributed by atoms with Crippen LogP contribution in [0.3, 0.4) is 0 Å². The van der Waals surface area contributed by atoms with Crippen molar-refractivity contribution in [2.75, 3.05) is 13.1 Å². The summed E-state index contributed by atoms with van der Waals surface area (Å²) in [5.74, 6) is -0.854. The second kappa shape index (κ2) is 6.70. The number of piperidine rings is 1. The van der Waals surface area contributed by atoms with Crippen molar-refractivity contribution in [3.05, 3.63) is 34.9 Å². The van der Waals surface area contributed by atoms with E-state index >= 15 is 0 Å².